The highest BCUT2D eigenvalue weighted by atomic mass is 35.5. The Bertz CT molecular complexity index is 928. The van der Waals surface area contributed by atoms with Gasteiger partial charge in [-0.3, -0.25) is 0 Å². The molecule has 0 radical (unpaired) electrons. The summed E-state index contributed by atoms with van der Waals surface area (Å²) in [5, 5.41) is 11.3. The maximum Gasteiger partial charge on any atom is 0.126 e. The molecular weight excluding hydrogens is 462 g/mol. The van der Waals surface area contributed by atoms with Crippen molar-refractivity contribution in [2.75, 3.05) is 37.4 Å². The van der Waals surface area contributed by atoms with Crippen LogP contribution in [0.2, 0.25) is 5.02 Å². The van der Waals surface area contributed by atoms with Crippen LogP contribution < -0.4 is 16.0 Å². The standard InChI is InChI=1S/C27H40ClN5O2/c1-18-13-20(14-19(2)35-18)16-30-26-6-4-5-25(33-26)23-15-27(31-17-24(23)28)32-22-9-7-21(8-10-22)29-11-12-34-3/h4-6,15,17-22,29H,7-14,16H2,1-3H3,(H,30,33)(H,31,32)/t18-,19+,20?,21-,22-. The third-order valence-electron chi connectivity index (χ3n) is 7.07. The molecule has 1 aliphatic heterocycles. The number of halogens is 1. The van der Waals surface area contributed by atoms with Crippen molar-refractivity contribution in [2.24, 2.45) is 5.92 Å². The first-order chi connectivity index (χ1) is 17.0. The zero-order valence-electron chi connectivity index (χ0n) is 21.2. The Balaban J connectivity index is 1.34. The summed E-state index contributed by atoms with van der Waals surface area (Å²) in [6.07, 6.45) is 9.05. The topological polar surface area (TPSA) is 80.3 Å². The second-order valence-electron chi connectivity index (χ2n) is 10.1. The number of hydrogen-bond acceptors (Lipinski definition) is 7. The smallest absolute Gasteiger partial charge is 0.126 e. The van der Waals surface area contributed by atoms with E-state index < -0.39 is 0 Å². The summed E-state index contributed by atoms with van der Waals surface area (Å²) in [6.45, 7) is 6.88. The van der Waals surface area contributed by atoms with Crippen LogP contribution >= 0.6 is 11.6 Å². The van der Waals surface area contributed by atoms with Gasteiger partial charge in [-0.05, 0) is 76.5 Å². The van der Waals surface area contributed by atoms with Gasteiger partial charge in [-0.15, -0.1) is 0 Å². The molecule has 0 amide bonds. The molecule has 2 aliphatic rings. The van der Waals surface area contributed by atoms with E-state index >= 15 is 0 Å². The van der Waals surface area contributed by atoms with Crippen molar-refractivity contribution in [3.8, 4) is 11.3 Å². The lowest BCUT2D eigenvalue weighted by Gasteiger charge is -2.32. The molecule has 3 heterocycles. The summed E-state index contributed by atoms with van der Waals surface area (Å²) < 4.78 is 11.0. The van der Waals surface area contributed by atoms with E-state index in [9.17, 15) is 0 Å². The molecule has 8 heteroatoms. The molecule has 0 aromatic carbocycles. The fourth-order valence-corrected chi connectivity index (χ4v) is 5.57. The van der Waals surface area contributed by atoms with Gasteiger partial charge in [0.25, 0.3) is 0 Å². The number of ether oxygens (including phenoxy) is 2. The van der Waals surface area contributed by atoms with Gasteiger partial charge >= 0.3 is 0 Å². The van der Waals surface area contributed by atoms with E-state index in [0.29, 0.717) is 35.2 Å². The van der Waals surface area contributed by atoms with Crippen LogP contribution in [0.4, 0.5) is 11.6 Å². The Labute approximate surface area is 214 Å². The van der Waals surface area contributed by atoms with Gasteiger partial charge in [-0.1, -0.05) is 17.7 Å². The van der Waals surface area contributed by atoms with Crippen LogP contribution in [0.15, 0.2) is 30.5 Å². The minimum atomic E-state index is 0.313. The van der Waals surface area contributed by atoms with Gasteiger partial charge < -0.3 is 25.4 Å². The molecule has 3 N–H and O–H groups in total. The van der Waals surface area contributed by atoms with Crippen LogP contribution in [0.3, 0.4) is 0 Å². The molecule has 2 aromatic rings. The largest absolute Gasteiger partial charge is 0.383 e. The highest BCUT2D eigenvalue weighted by Crippen LogP contribution is 2.31. The molecule has 1 unspecified atom stereocenters. The second-order valence-corrected chi connectivity index (χ2v) is 10.5. The molecule has 0 bridgehead atoms. The lowest BCUT2D eigenvalue weighted by atomic mass is 9.91. The molecule has 3 atom stereocenters. The molecular formula is C27H40ClN5O2. The number of nitrogens with one attached hydrogen (secondary N) is 3. The van der Waals surface area contributed by atoms with Crippen molar-refractivity contribution >= 4 is 23.2 Å². The molecule has 2 aromatic heterocycles. The van der Waals surface area contributed by atoms with E-state index in [1.165, 1.54) is 0 Å². The Morgan fingerprint density at radius 2 is 1.80 bits per heavy atom. The van der Waals surface area contributed by atoms with Crippen LogP contribution in [0.25, 0.3) is 11.3 Å². The van der Waals surface area contributed by atoms with Crippen molar-refractivity contribution in [1.29, 1.82) is 0 Å². The Kier molecular flexibility index (Phi) is 9.60. The average molecular weight is 502 g/mol. The maximum absolute atomic E-state index is 6.55. The summed E-state index contributed by atoms with van der Waals surface area (Å²) >= 11 is 6.55. The van der Waals surface area contributed by atoms with Crippen molar-refractivity contribution in [3.63, 3.8) is 0 Å². The monoisotopic (exact) mass is 501 g/mol. The molecule has 7 nitrogen and oxygen atoms in total. The number of pyridine rings is 2. The van der Waals surface area contributed by atoms with E-state index in [2.05, 4.69) is 34.8 Å². The third-order valence-corrected chi connectivity index (χ3v) is 7.37. The highest BCUT2D eigenvalue weighted by Gasteiger charge is 2.24. The molecule has 2 fully saturated rings. The van der Waals surface area contributed by atoms with Crippen LogP contribution in [0.5, 0.6) is 0 Å². The predicted molar refractivity (Wildman–Crippen MR) is 143 cm³/mol. The van der Waals surface area contributed by atoms with Gasteiger partial charge in [-0.2, -0.15) is 0 Å². The Morgan fingerprint density at radius 1 is 1.06 bits per heavy atom. The van der Waals surface area contributed by atoms with E-state index in [-0.39, 0.29) is 0 Å². The number of hydrogen-bond donors (Lipinski definition) is 3. The number of aromatic nitrogens is 2. The Hall–Kier alpha value is -1.93. The summed E-state index contributed by atoms with van der Waals surface area (Å²) in [6, 6.07) is 9.07. The molecule has 4 rings (SSSR count). The normalized spacial score (nSPS) is 26.9. The van der Waals surface area contributed by atoms with Crippen LogP contribution in [-0.2, 0) is 9.47 Å². The van der Waals surface area contributed by atoms with Crippen LogP contribution in [0.1, 0.15) is 52.4 Å². The fourth-order valence-electron chi connectivity index (χ4n) is 5.37. The maximum atomic E-state index is 6.55. The van der Waals surface area contributed by atoms with Gasteiger partial charge in [0.15, 0.2) is 0 Å². The van der Waals surface area contributed by atoms with Gasteiger partial charge in [0.05, 0.1) is 29.5 Å². The lowest BCUT2D eigenvalue weighted by molar-refractivity contribution is -0.0495. The fraction of sp³-hybridized carbons (Fsp3) is 0.630. The molecule has 192 valence electrons. The highest BCUT2D eigenvalue weighted by molar-refractivity contribution is 6.33. The van der Waals surface area contributed by atoms with Gasteiger partial charge in [0, 0.05) is 44.0 Å². The minimum absolute atomic E-state index is 0.313. The first kappa shape index (κ1) is 26.1. The predicted octanol–water partition coefficient (Wildman–Crippen LogP) is 5.37. The summed E-state index contributed by atoms with van der Waals surface area (Å²) in [5.41, 5.74) is 1.75. The van der Waals surface area contributed by atoms with E-state index in [4.69, 9.17) is 26.1 Å². The molecule has 1 saturated carbocycles. The molecule has 1 aliphatic carbocycles. The number of nitrogens with zero attached hydrogens (tertiary/aromatic N) is 2. The van der Waals surface area contributed by atoms with Crippen molar-refractivity contribution in [3.05, 3.63) is 35.5 Å². The van der Waals surface area contributed by atoms with Crippen molar-refractivity contribution in [1.82, 2.24) is 15.3 Å². The molecule has 1 saturated heterocycles. The lowest BCUT2D eigenvalue weighted by Crippen LogP contribution is -2.38. The number of rotatable bonds is 10. The van der Waals surface area contributed by atoms with Crippen LogP contribution in [0, 0.1) is 5.92 Å². The minimum Gasteiger partial charge on any atom is -0.383 e. The SMILES string of the molecule is COCCN[C@H]1CC[C@H](Nc2cc(-c3cccc(NCC4C[C@@H](C)O[C@@H](C)C4)n3)c(Cl)cn2)CC1. The molecule has 0 spiro atoms. The zero-order chi connectivity index (χ0) is 24.6. The van der Waals surface area contributed by atoms with E-state index in [0.717, 1.165) is 81.1 Å². The van der Waals surface area contributed by atoms with E-state index in [1.807, 2.05) is 24.3 Å². The van der Waals surface area contributed by atoms with Crippen LogP contribution in [-0.4, -0.2) is 61.1 Å². The first-order valence-corrected chi connectivity index (χ1v) is 13.4. The number of methoxy groups -OCH3 is 1. The zero-order valence-corrected chi connectivity index (χ0v) is 22.0. The summed E-state index contributed by atoms with van der Waals surface area (Å²) in [7, 11) is 1.74. The molecule has 35 heavy (non-hydrogen) atoms. The first-order valence-electron chi connectivity index (χ1n) is 13.0. The summed E-state index contributed by atoms with van der Waals surface area (Å²) in [4.78, 5) is 9.40. The van der Waals surface area contributed by atoms with Gasteiger partial charge in [-0.25, -0.2) is 9.97 Å². The van der Waals surface area contributed by atoms with Crippen molar-refractivity contribution in [2.45, 2.75) is 76.7 Å². The second kappa shape index (κ2) is 12.9. The van der Waals surface area contributed by atoms with Gasteiger partial charge in [0.2, 0.25) is 0 Å². The van der Waals surface area contributed by atoms with E-state index in [1.54, 1.807) is 13.3 Å². The van der Waals surface area contributed by atoms with Gasteiger partial charge in [0.1, 0.15) is 11.6 Å². The third kappa shape index (κ3) is 7.78. The van der Waals surface area contributed by atoms with Crippen molar-refractivity contribution < 1.29 is 9.47 Å². The average Bonchev–Trinajstić information content (AvgIpc) is 2.85. The number of anilines is 2. The summed E-state index contributed by atoms with van der Waals surface area (Å²) in [5.74, 6) is 2.31. The Morgan fingerprint density at radius 3 is 2.54 bits per heavy atom. The quantitative estimate of drug-likeness (QED) is 0.377.